The first-order valence-electron chi connectivity index (χ1n) is 6.53. The molecule has 3 rings (SSSR count). The molecular formula is C16H14N2O2S. The highest BCUT2D eigenvalue weighted by Gasteiger charge is 2.13. The van der Waals surface area contributed by atoms with Gasteiger partial charge in [0, 0.05) is 18.9 Å². The number of fused-ring (bicyclic) bond motifs is 1. The fraction of sp³-hybridized carbons (Fsp3) is 0.0625. The van der Waals surface area contributed by atoms with Crippen LogP contribution in [0.25, 0.3) is 10.8 Å². The first kappa shape index (κ1) is 13.7. The van der Waals surface area contributed by atoms with Gasteiger partial charge in [-0.3, -0.25) is 4.98 Å². The van der Waals surface area contributed by atoms with Crippen molar-refractivity contribution in [2.75, 3.05) is 0 Å². The maximum Gasteiger partial charge on any atom is 0.242 e. The molecule has 0 aliphatic heterocycles. The van der Waals surface area contributed by atoms with Crippen LogP contribution in [0.1, 0.15) is 5.56 Å². The minimum absolute atomic E-state index is 0.172. The highest BCUT2D eigenvalue weighted by molar-refractivity contribution is 7.89. The van der Waals surface area contributed by atoms with E-state index in [2.05, 4.69) is 9.71 Å². The van der Waals surface area contributed by atoms with E-state index in [0.29, 0.717) is 0 Å². The van der Waals surface area contributed by atoms with E-state index in [9.17, 15) is 8.42 Å². The second-order valence-electron chi connectivity index (χ2n) is 4.65. The Morgan fingerprint density at radius 2 is 1.76 bits per heavy atom. The lowest BCUT2D eigenvalue weighted by Gasteiger charge is -2.09. The minimum atomic E-state index is -3.54. The van der Waals surface area contributed by atoms with Crippen LogP contribution in [0.4, 0.5) is 0 Å². The molecule has 0 unspecified atom stereocenters. The number of rotatable bonds is 4. The summed E-state index contributed by atoms with van der Waals surface area (Å²) in [5, 5.41) is 2.14. The van der Waals surface area contributed by atoms with Gasteiger partial charge >= 0.3 is 0 Å². The van der Waals surface area contributed by atoms with Gasteiger partial charge in [0.1, 0.15) is 4.90 Å². The van der Waals surface area contributed by atoms with Crippen molar-refractivity contribution >= 4 is 20.8 Å². The van der Waals surface area contributed by atoms with Crippen molar-refractivity contribution in [2.24, 2.45) is 0 Å². The lowest BCUT2D eigenvalue weighted by molar-refractivity contribution is 0.581. The predicted octanol–water partition coefficient (Wildman–Crippen LogP) is 2.71. The quantitative estimate of drug-likeness (QED) is 0.805. The maximum absolute atomic E-state index is 12.2. The van der Waals surface area contributed by atoms with Gasteiger partial charge in [-0.1, -0.05) is 42.5 Å². The number of nitrogens with zero attached hydrogens (tertiary/aromatic N) is 1. The molecule has 1 heterocycles. The molecule has 5 heteroatoms. The van der Waals surface area contributed by atoms with Crippen LogP contribution in [0.2, 0.25) is 0 Å². The monoisotopic (exact) mass is 298 g/mol. The molecular weight excluding hydrogens is 284 g/mol. The van der Waals surface area contributed by atoms with Crippen LogP contribution in [-0.2, 0) is 16.6 Å². The Bertz CT molecular complexity index is 856. The Morgan fingerprint density at radius 1 is 0.952 bits per heavy atom. The molecule has 0 saturated carbocycles. The average Bonchev–Trinajstić information content (AvgIpc) is 2.54. The zero-order valence-electron chi connectivity index (χ0n) is 11.2. The molecule has 3 aromatic rings. The smallest absolute Gasteiger partial charge is 0.242 e. The molecule has 0 bridgehead atoms. The van der Waals surface area contributed by atoms with Crippen LogP contribution >= 0.6 is 0 Å². The van der Waals surface area contributed by atoms with E-state index in [4.69, 9.17) is 0 Å². The molecule has 0 aliphatic rings. The Labute approximate surface area is 123 Å². The molecule has 0 fully saturated rings. The van der Waals surface area contributed by atoms with Gasteiger partial charge in [0.25, 0.3) is 0 Å². The molecule has 0 spiro atoms. The van der Waals surface area contributed by atoms with Gasteiger partial charge in [0.05, 0.1) is 0 Å². The number of hydrogen-bond donors (Lipinski definition) is 1. The number of pyridine rings is 1. The molecule has 2 aromatic carbocycles. The van der Waals surface area contributed by atoms with E-state index in [-0.39, 0.29) is 11.4 Å². The Balaban J connectivity index is 1.87. The molecule has 21 heavy (non-hydrogen) atoms. The summed E-state index contributed by atoms with van der Waals surface area (Å²) < 4.78 is 27.0. The van der Waals surface area contributed by atoms with Crippen molar-refractivity contribution in [1.82, 2.24) is 9.71 Å². The number of benzene rings is 2. The summed E-state index contributed by atoms with van der Waals surface area (Å²) in [6.07, 6.45) is 2.88. The molecule has 0 atom stereocenters. The third-order valence-electron chi connectivity index (χ3n) is 3.28. The normalized spacial score (nSPS) is 11.6. The number of nitrogens with one attached hydrogen (secondary N) is 1. The van der Waals surface area contributed by atoms with Gasteiger partial charge in [-0.2, -0.15) is 0 Å². The molecule has 1 aromatic heterocycles. The Kier molecular flexibility index (Phi) is 3.68. The molecule has 0 amide bonds. The third-order valence-corrected chi connectivity index (χ3v) is 4.66. The van der Waals surface area contributed by atoms with Crippen LogP contribution in [0.15, 0.2) is 71.9 Å². The van der Waals surface area contributed by atoms with Gasteiger partial charge < -0.3 is 0 Å². The summed E-state index contributed by atoms with van der Waals surface area (Å²) in [6.45, 7) is 0.249. The maximum atomic E-state index is 12.2. The van der Waals surface area contributed by atoms with Crippen molar-refractivity contribution in [2.45, 2.75) is 11.4 Å². The summed E-state index contributed by atoms with van der Waals surface area (Å²) in [5.41, 5.74) is 0.945. The van der Waals surface area contributed by atoms with Gasteiger partial charge in [-0.25, -0.2) is 13.1 Å². The molecule has 0 radical (unpaired) electrons. The van der Waals surface area contributed by atoms with E-state index in [0.717, 1.165) is 16.3 Å². The lowest BCUT2D eigenvalue weighted by Crippen LogP contribution is -2.23. The lowest BCUT2D eigenvalue weighted by atomic mass is 10.1. The predicted molar refractivity (Wildman–Crippen MR) is 82.2 cm³/mol. The fourth-order valence-electron chi connectivity index (χ4n) is 2.21. The largest absolute Gasteiger partial charge is 0.263 e. The summed E-state index contributed by atoms with van der Waals surface area (Å²) >= 11 is 0. The summed E-state index contributed by atoms with van der Waals surface area (Å²) in [4.78, 5) is 4.01. The third kappa shape index (κ3) is 2.94. The van der Waals surface area contributed by atoms with E-state index in [1.807, 2.05) is 42.5 Å². The van der Waals surface area contributed by atoms with Crippen LogP contribution in [0.3, 0.4) is 0 Å². The minimum Gasteiger partial charge on any atom is -0.263 e. The van der Waals surface area contributed by atoms with Crippen LogP contribution < -0.4 is 4.72 Å². The second kappa shape index (κ2) is 5.63. The van der Waals surface area contributed by atoms with Crippen LogP contribution in [0.5, 0.6) is 0 Å². The Hall–Kier alpha value is -2.24. The van der Waals surface area contributed by atoms with Crippen molar-refractivity contribution in [3.8, 4) is 0 Å². The molecule has 0 saturated heterocycles. The molecule has 1 N–H and O–H groups in total. The first-order valence-corrected chi connectivity index (χ1v) is 8.01. The first-order chi connectivity index (χ1) is 10.2. The standard InChI is InChI=1S/C16H14N2O2S/c19-21(20,15-8-4-10-17-12-15)18-11-14-7-3-6-13-5-1-2-9-16(13)14/h1-10,12,18H,11H2. The van der Waals surface area contributed by atoms with Gasteiger partial charge in [-0.05, 0) is 28.5 Å². The van der Waals surface area contributed by atoms with Crippen LogP contribution in [-0.4, -0.2) is 13.4 Å². The number of aromatic nitrogens is 1. The van der Waals surface area contributed by atoms with Crippen molar-refractivity contribution in [1.29, 1.82) is 0 Å². The van der Waals surface area contributed by atoms with Crippen molar-refractivity contribution < 1.29 is 8.42 Å². The molecule has 4 nitrogen and oxygen atoms in total. The topological polar surface area (TPSA) is 59.1 Å². The van der Waals surface area contributed by atoms with E-state index in [1.165, 1.54) is 12.3 Å². The highest BCUT2D eigenvalue weighted by Crippen LogP contribution is 2.19. The summed E-state index contributed by atoms with van der Waals surface area (Å²) in [7, 11) is -3.54. The SMILES string of the molecule is O=S(=O)(NCc1cccc2ccccc12)c1cccnc1. The zero-order chi connectivity index (χ0) is 14.7. The van der Waals surface area contributed by atoms with E-state index < -0.39 is 10.0 Å². The molecule has 106 valence electrons. The number of hydrogen-bond acceptors (Lipinski definition) is 3. The highest BCUT2D eigenvalue weighted by atomic mass is 32.2. The fourth-order valence-corrected chi connectivity index (χ4v) is 3.18. The molecule has 0 aliphatic carbocycles. The van der Waals surface area contributed by atoms with Crippen LogP contribution in [0, 0.1) is 0 Å². The van der Waals surface area contributed by atoms with Gasteiger partial charge in [0.2, 0.25) is 10.0 Å². The van der Waals surface area contributed by atoms with Gasteiger partial charge in [0.15, 0.2) is 0 Å². The van der Waals surface area contributed by atoms with E-state index >= 15 is 0 Å². The summed E-state index contributed by atoms with van der Waals surface area (Å²) in [5.74, 6) is 0. The Morgan fingerprint density at radius 3 is 2.57 bits per heavy atom. The van der Waals surface area contributed by atoms with Gasteiger partial charge in [-0.15, -0.1) is 0 Å². The van der Waals surface area contributed by atoms with E-state index in [1.54, 1.807) is 12.3 Å². The van der Waals surface area contributed by atoms with Crippen molar-refractivity contribution in [3.63, 3.8) is 0 Å². The average molecular weight is 298 g/mol. The number of sulfonamides is 1. The van der Waals surface area contributed by atoms with Crippen molar-refractivity contribution in [3.05, 3.63) is 72.6 Å². The summed E-state index contributed by atoms with van der Waals surface area (Å²) in [6, 6.07) is 16.9. The second-order valence-corrected chi connectivity index (χ2v) is 6.42. The zero-order valence-corrected chi connectivity index (χ0v) is 12.0.